The third-order valence-corrected chi connectivity index (χ3v) is 3.77. The summed E-state index contributed by atoms with van der Waals surface area (Å²) >= 11 is 0. The molecule has 0 bridgehead atoms. The summed E-state index contributed by atoms with van der Waals surface area (Å²) < 4.78 is 30.2. The zero-order valence-corrected chi connectivity index (χ0v) is 12.4. The molecule has 0 spiro atoms. The van der Waals surface area contributed by atoms with Gasteiger partial charge in [0.15, 0.2) is 11.6 Å². The van der Waals surface area contributed by atoms with Crippen LogP contribution in [0.2, 0.25) is 0 Å². The lowest BCUT2D eigenvalue weighted by molar-refractivity contribution is 0.00578. The minimum absolute atomic E-state index is 0.111. The van der Waals surface area contributed by atoms with E-state index in [2.05, 4.69) is 4.98 Å². The largest absolute Gasteiger partial charge is 0.492 e. The second-order valence-corrected chi connectivity index (χ2v) is 5.70. The molecule has 0 aliphatic carbocycles. The van der Waals surface area contributed by atoms with E-state index < -0.39 is 24.1 Å². The van der Waals surface area contributed by atoms with E-state index in [0.29, 0.717) is 5.69 Å². The third-order valence-electron chi connectivity index (χ3n) is 3.77. The van der Waals surface area contributed by atoms with Crippen molar-refractivity contribution in [2.24, 2.45) is 0 Å². The predicted octanol–water partition coefficient (Wildman–Crippen LogP) is 2.87. The summed E-state index contributed by atoms with van der Waals surface area (Å²) in [5.74, 6) is 1.37. The number of methoxy groups -OCH3 is 1. The zero-order chi connectivity index (χ0) is 15.0. The molecule has 108 valence electrons. The fraction of sp³-hybridized carbons (Fsp3) is 0.500. The second-order valence-electron chi connectivity index (χ2n) is 5.70. The third kappa shape index (κ3) is 2.71. The lowest BCUT2D eigenvalue weighted by Gasteiger charge is -2.32. The van der Waals surface area contributed by atoms with Gasteiger partial charge in [-0.05, 0) is 39.8 Å². The summed E-state index contributed by atoms with van der Waals surface area (Å²) in [4.78, 5) is 4.08. The van der Waals surface area contributed by atoms with Gasteiger partial charge < -0.3 is 14.0 Å². The maximum absolute atomic E-state index is 13.5. The van der Waals surface area contributed by atoms with Crippen molar-refractivity contribution in [2.75, 3.05) is 7.11 Å². The summed E-state index contributed by atoms with van der Waals surface area (Å²) in [6.07, 6.45) is 3.03. The number of nitrogens with zero attached hydrogens (tertiary/aromatic N) is 1. The first-order valence-corrected chi connectivity index (χ1v) is 6.49. The molecular weight excluding hydrogens is 260 g/mol. The molecule has 0 amide bonds. The Kier molecular flexibility index (Phi) is 3.89. The first kappa shape index (κ1) is 15.0. The molecule has 2 rings (SSSR count). The number of pyridine rings is 1. The van der Waals surface area contributed by atoms with Crippen LogP contribution in [0.5, 0.6) is 5.75 Å². The van der Waals surface area contributed by atoms with Crippen LogP contribution in [-0.4, -0.2) is 30.4 Å². The average molecular weight is 279 g/mol. The van der Waals surface area contributed by atoms with Crippen molar-refractivity contribution >= 4 is 13.2 Å². The monoisotopic (exact) mass is 279 g/mol. The molecule has 20 heavy (non-hydrogen) atoms. The quantitative estimate of drug-likeness (QED) is 0.798. The lowest BCUT2D eigenvalue weighted by Crippen LogP contribution is -2.41. The molecular formula is C14H19BFNO3. The Bertz CT molecular complexity index is 515. The smallest absolute Gasteiger partial charge is 0.487 e. The van der Waals surface area contributed by atoms with E-state index in [-0.39, 0.29) is 5.75 Å². The summed E-state index contributed by atoms with van der Waals surface area (Å²) in [5, 5.41) is 0. The molecule has 0 aromatic carbocycles. The van der Waals surface area contributed by atoms with Crippen molar-refractivity contribution in [3.63, 3.8) is 0 Å². The molecule has 0 saturated carbocycles. The first-order valence-electron chi connectivity index (χ1n) is 6.49. The van der Waals surface area contributed by atoms with Crippen LogP contribution in [0.1, 0.15) is 33.4 Å². The number of ether oxygens (including phenoxy) is 1. The fourth-order valence-corrected chi connectivity index (χ4v) is 1.90. The Morgan fingerprint density at radius 2 is 1.85 bits per heavy atom. The highest BCUT2D eigenvalue weighted by atomic mass is 19.1. The predicted molar refractivity (Wildman–Crippen MR) is 75.9 cm³/mol. The van der Waals surface area contributed by atoms with Crippen molar-refractivity contribution in [1.82, 2.24) is 4.98 Å². The van der Waals surface area contributed by atoms with Crippen molar-refractivity contribution in [2.45, 2.75) is 38.9 Å². The summed E-state index contributed by atoms with van der Waals surface area (Å²) in [6, 6.07) is 1.25. The molecule has 0 atom stereocenters. The van der Waals surface area contributed by atoms with Crippen LogP contribution < -0.4 is 4.74 Å². The minimum atomic E-state index is -0.491. The highest BCUT2D eigenvalue weighted by Gasteiger charge is 2.50. The van der Waals surface area contributed by atoms with Gasteiger partial charge in [-0.15, -0.1) is 0 Å². The molecule has 0 N–H and O–H groups in total. The van der Waals surface area contributed by atoms with Gasteiger partial charge >= 0.3 is 7.12 Å². The van der Waals surface area contributed by atoms with Gasteiger partial charge in [0.2, 0.25) is 0 Å². The molecule has 4 nitrogen and oxygen atoms in total. The molecule has 0 unspecified atom stereocenters. The molecule has 1 aromatic rings. The molecule has 1 aromatic heterocycles. The molecule has 1 fully saturated rings. The molecule has 1 saturated heterocycles. The number of rotatable bonds is 3. The Hall–Kier alpha value is -1.40. The van der Waals surface area contributed by atoms with Crippen LogP contribution in [-0.2, 0) is 9.31 Å². The number of halogens is 1. The average Bonchev–Trinajstić information content (AvgIpc) is 2.55. The molecule has 6 heteroatoms. The van der Waals surface area contributed by atoms with E-state index in [0.717, 1.165) is 0 Å². The van der Waals surface area contributed by atoms with E-state index >= 15 is 0 Å². The fourth-order valence-electron chi connectivity index (χ4n) is 1.90. The van der Waals surface area contributed by atoms with Gasteiger partial charge in [-0.1, -0.05) is 5.98 Å². The topological polar surface area (TPSA) is 40.6 Å². The van der Waals surface area contributed by atoms with E-state index in [1.54, 1.807) is 12.1 Å². The molecule has 1 aliphatic rings. The first-order chi connectivity index (χ1) is 9.27. The van der Waals surface area contributed by atoms with Gasteiger partial charge in [-0.3, -0.25) is 4.98 Å². The SMILES string of the molecule is COc1c(F)ccnc1/C=C/B1OC(C)(C)C(C)(C)O1. The summed E-state index contributed by atoms with van der Waals surface area (Å²) in [6.45, 7) is 7.90. The minimum Gasteiger partial charge on any atom is -0.492 e. The van der Waals surface area contributed by atoms with E-state index in [4.69, 9.17) is 14.0 Å². The van der Waals surface area contributed by atoms with Crippen LogP contribution in [0.4, 0.5) is 4.39 Å². The number of hydrogen-bond acceptors (Lipinski definition) is 4. The van der Waals surface area contributed by atoms with Gasteiger partial charge in [-0.25, -0.2) is 4.39 Å². The summed E-state index contributed by atoms with van der Waals surface area (Å²) in [7, 11) is 0.918. The van der Waals surface area contributed by atoms with Crippen molar-refractivity contribution < 1.29 is 18.4 Å². The standard InChI is InChI=1S/C14H19BFNO3/c1-13(2)14(3,4)20-15(19-13)8-6-11-12(18-5)10(16)7-9-17-11/h6-9H,1-5H3/b8-6+. The Labute approximate surface area is 119 Å². The lowest BCUT2D eigenvalue weighted by atomic mass is 9.89. The van der Waals surface area contributed by atoms with Crippen molar-refractivity contribution in [3.05, 3.63) is 29.7 Å². The van der Waals surface area contributed by atoms with Gasteiger partial charge in [-0.2, -0.15) is 0 Å². The highest BCUT2D eigenvalue weighted by Crippen LogP contribution is 2.37. The zero-order valence-electron chi connectivity index (χ0n) is 12.4. The van der Waals surface area contributed by atoms with Crippen LogP contribution >= 0.6 is 0 Å². The van der Waals surface area contributed by atoms with Gasteiger partial charge in [0.1, 0.15) is 5.69 Å². The van der Waals surface area contributed by atoms with Crippen LogP contribution in [0.25, 0.3) is 6.08 Å². The van der Waals surface area contributed by atoms with Crippen molar-refractivity contribution in [3.8, 4) is 5.75 Å². The number of aromatic nitrogens is 1. The van der Waals surface area contributed by atoms with E-state index in [9.17, 15) is 4.39 Å². The highest BCUT2D eigenvalue weighted by molar-refractivity contribution is 6.52. The van der Waals surface area contributed by atoms with Crippen LogP contribution in [0, 0.1) is 5.82 Å². The maximum atomic E-state index is 13.5. The van der Waals surface area contributed by atoms with Gasteiger partial charge in [0, 0.05) is 6.20 Å². The van der Waals surface area contributed by atoms with Crippen LogP contribution in [0.15, 0.2) is 18.2 Å². The van der Waals surface area contributed by atoms with Gasteiger partial charge in [0.25, 0.3) is 0 Å². The Morgan fingerprint density at radius 3 is 2.40 bits per heavy atom. The van der Waals surface area contributed by atoms with Crippen molar-refractivity contribution in [1.29, 1.82) is 0 Å². The molecule has 0 radical (unpaired) electrons. The number of hydrogen-bond donors (Lipinski definition) is 0. The normalized spacial score (nSPS) is 20.6. The molecule has 1 aliphatic heterocycles. The second kappa shape index (κ2) is 5.18. The van der Waals surface area contributed by atoms with Gasteiger partial charge in [0.05, 0.1) is 18.3 Å². The van der Waals surface area contributed by atoms with E-state index in [1.807, 2.05) is 27.7 Å². The van der Waals surface area contributed by atoms with E-state index in [1.165, 1.54) is 19.4 Å². The summed E-state index contributed by atoms with van der Waals surface area (Å²) in [5.41, 5.74) is -0.398. The Morgan fingerprint density at radius 1 is 1.25 bits per heavy atom. The molecule has 2 heterocycles. The Balaban J connectivity index is 2.18. The van der Waals surface area contributed by atoms with Crippen LogP contribution in [0.3, 0.4) is 0 Å². The maximum Gasteiger partial charge on any atom is 0.487 e.